The number of halogens is 1. The molecule has 0 saturated carbocycles. The zero-order valence-electron chi connectivity index (χ0n) is 22.0. The molecule has 8 nitrogen and oxygen atoms in total. The highest BCUT2D eigenvalue weighted by Crippen LogP contribution is 2.43. The van der Waals surface area contributed by atoms with Crippen molar-refractivity contribution in [3.8, 4) is 0 Å². The van der Waals surface area contributed by atoms with E-state index in [1.54, 1.807) is 30.3 Å². The van der Waals surface area contributed by atoms with Crippen molar-refractivity contribution in [2.75, 3.05) is 28.2 Å². The summed E-state index contributed by atoms with van der Waals surface area (Å²) in [4.78, 5) is 42.5. The molecular formula is C30H27BrN4O4. The maximum Gasteiger partial charge on any atom is 0.294 e. The summed E-state index contributed by atoms with van der Waals surface area (Å²) in [6, 6.07) is 17.3. The summed E-state index contributed by atoms with van der Waals surface area (Å²) in [6.07, 6.45) is 0. The third-order valence-electron chi connectivity index (χ3n) is 7.28. The van der Waals surface area contributed by atoms with Crippen molar-refractivity contribution < 1.29 is 14.5 Å². The first kappa shape index (κ1) is 26.4. The molecule has 4 aromatic carbocycles. The minimum absolute atomic E-state index is 0.115. The lowest BCUT2D eigenvalue weighted by Gasteiger charge is -2.28. The van der Waals surface area contributed by atoms with Crippen LogP contribution in [0.25, 0.3) is 10.8 Å². The van der Waals surface area contributed by atoms with Crippen molar-refractivity contribution in [3.05, 3.63) is 97.5 Å². The number of imide groups is 1. The lowest BCUT2D eigenvalue weighted by Crippen LogP contribution is -2.40. The fourth-order valence-corrected chi connectivity index (χ4v) is 5.63. The van der Waals surface area contributed by atoms with E-state index in [0.29, 0.717) is 27.7 Å². The quantitative estimate of drug-likeness (QED) is 0.137. The number of hydrogen-bond acceptors (Lipinski definition) is 6. The monoisotopic (exact) mass is 586 g/mol. The number of benzene rings is 4. The number of nitro benzene ring substituents is 1. The van der Waals surface area contributed by atoms with Crippen molar-refractivity contribution in [1.29, 1.82) is 0 Å². The maximum absolute atomic E-state index is 13.8. The van der Waals surface area contributed by atoms with Crippen LogP contribution < -0.4 is 15.1 Å². The Kier molecular flexibility index (Phi) is 6.86. The SMILES string of the molecule is CCN(CC)c1ccc(N2C(=O)c3cccc4c(Nc5cc(C)c(C)cc5Br)c([N+](=O)[O-])cc(c34)C2=O)cc1. The van der Waals surface area contributed by atoms with Gasteiger partial charge in [-0.15, -0.1) is 0 Å². The normalized spacial score (nSPS) is 12.7. The molecule has 0 fully saturated rings. The van der Waals surface area contributed by atoms with Gasteiger partial charge in [0.1, 0.15) is 5.69 Å². The average molecular weight is 587 g/mol. The van der Waals surface area contributed by atoms with Gasteiger partial charge in [0.25, 0.3) is 17.5 Å². The third kappa shape index (κ3) is 4.42. The Labute approximate surface area is 234 Å². The number of aryl methyl sites for hydroxylation is 2. The molecule has 0 spiro atoms. The summed E-state index contributed by atoms with van der Waals surface area (Å²) < 4.78 is 0.742. The molecule has 1 aliphatic heterocycles. The molecule has 0 aromatic heterocycles. The summed E-state index contributed by atoms with van der Waals surface area (Å²) in [6.45, 7) is 9.70. The van der Waals surface area contributed by atoms with Gasteiger partial charge >= 0.3 is 0 Å². The van der Waals surface area contributed by atoms with Crippen molar-refractivity contribution in [2.45, 2.75) is 27.7 Å². The molecule has 0 unspecified atom stereocenters. The summed E-state index contributed by atoms with van der Waals surface area (Å²) in [5, 5.41) is 16.3. The molecule has 1 heterocycles. The van der Waals surface area contributed by atoms with E-state index in [1.807, 2.05) is 38.1 Å². The predicted molar refractivity (Wildman–Crippen MR) is 159 cm³/mol. The molecule has 5 rings (SSSR count). The number of carbonyl (C=O) groups excluding carboxylic acids is 2. The molecule has 198 valence electrons. The highest BCUT2D eigenvalue weighted by atomic mass is 79.9. The second-order valence-electron chi connectivity index (χ2n) is 9.48. The number of carbonyl (C=O) groups is 2. The molecule has 0 saturated heterocycles. The van der Waals surface area contributed by atoms with Crippen molar-refractivity contribution in [1.82, 2.24) is 0 Å². The molecule has 1 N–H and O–H groups in total. The van der Waals surface area contributed by atoms with Crippen LogP contribution in [-0.2, 0) is 0 Å². The summed E-state index contributed by atoms with van der Waals surface area (Å²) >= 11 is 3.54. The third-order valence-corrected chi connectivity index (χ3v) is 7.94. The van der Waals surface area contributed by atoms with E-state index in [9.17, 15) is 19.7 Å². The Bertz CT molecular complexity index is 1660. The van der Waals surface area contributed by atoms with Gasteiger partial charge in [-0.1, -0.05) is 12.1 Å². The van der Waals surface area contributed by atoms with Crippen molar-refractivity contribution >= 4 is 67.0 Å². The minimum Gasteiger partial charge on any atom is -0.372 e. The van der Waals surface area contributed by atoms with Gasteiger partial charge in [-0.25, -0.2) is 4.90 Å². The van der Waals surface area contributed by atoms with Crippen LogP contribution in [0.1, 0.15) is 45.7 Å². The summed E-state index contributed by atoms with van der Waals surface area (Å²) in [5.74, 6) is -1.07. The predicted octanol–water partition coefficient (Wildman–Crippen LogP) is 7.52. The topological polar surface area (TPSA) is 95.8 Å². The van der Waals surface area contributed by atoms with E-state index in [-0.39, 0.29) is 16.9 Å². The number of amides is 2. The molecule has 2 amide bonds. The fraction of sp³-hybridized carbons (Fsp3) is 0.200. The number of hydrogen-bond donors (Lipinski definition) is 1. The van der Waals surface area contributed by atoms with Crippen LogP contribution in [0.5, 0.6) is 0 Å². The lowest BCUT2D eigenvalue weighted by molar-refractivity contribution is -0.383. The van der Waals surface area contributed by atoms with Gasteiger partial charge in [0.15, 0.2) is 0 Å². The van der Waals surface area contributed by atoms with E-state index in [1.165, 1.54) is 6.07 Å². The molecule has 39 heavy (non-hydrogen) atoms. The Morgan fingerprint density at radius 1 is 0.923 bits per heavy atom. The molecule has 9 heteroatoms. The summed E-state index contributed by atoms with van der Waals surface area (Å²) in [5.41, 5.74) is 4.52. The van der Waals surface area contributed by atoms with Crippen LogP contribution in [0, 0.1) is 24.0 Å². The van der Waals surface area contributed by atoms with Gasteiger partial charge in [0.2, 0.25) is 0 Å². The zero-order chi connectivity index (χ0) is 28.0. The van der Waals surface area contributed by atoms with Crippen LogP contribution in [0.3, 0.4) is 0 Å². The number of rotatable bonds is 7. The molecule has 4 aromatic rings. The van der Waals surface area contributed by atoms with Crippen molar-refractivity contribution in [3.63, 3.8) is 0 Å². The van der Waals surface area contributed by atoms with Crippen molar-refractivity contribution in [2.24, 2.45) is 0 Å². The van der Waals surface area contributed by atoms with Gasteiger partial charge in [-0.2, -0.15) is 0 Å². The van der Waals surface area contributed by atoms with Crippen LogP contribution in [0.15, 0.2) is 65.1 Å². The van der Waals surface area contributed by atoms with E-state index < -0.39 is 16.7 Å². The molecule has 0 bridgehead atoms. The fourth-order valence-electron chi connectivity index (χ4n) is 5.07. The van der Waals surface area contributed by atoms with Crippen LogP contribution in [0.4, 0.5) is 28.4 Å². The zero-order valence-corrected chi connectivity index (χ0v) is 23.6. The Morgan fingerprint density at radius 2 is 1.56 bits per heavy atom. The lowest BCUT2D eigenvalue weighted by atomic mass is 9.91. The van der Waals surface area contributed by atoms with E-state index in [0.717, 1.165) is 39.3 Å². The Hall–Kier alpha value is -4.24. The first-order chi connectivity index (χ1) is 18.7. The highest BCUT2D eigenvalue weighted by molar-refractivity contribution is 9.10. The standard InChI is InChI=1S/C30H27BrN4O4/c1-5-33(6-2)19-10-12-20(13-11-19)34-29(36)22-9-7-8-21-27(22)23(30(34)37)16-26(35(38)39)28(21)32-25-15-18(4)17(3)14-24(25)31/h7-16,32H,5-6H2,1-4H3. The largest absolute Gasteiger partial charge is 0.372 e. The Morgan fingerprint density at radius 3 is 2.21 bits per heavy atom. The number of nitro groups is 1. The first-order valence-corrected chi connectivity index (χ1v) is 13.5. The van der Waals surface area contributed by atoms with Gasteiger partial charge in [-0.05, 0) is 97.2 Å². The van der Waals surface area contributed by atoms with Gasteiger partial charge < -0.3 is 10.2 Å². The number of anilines is 4. The first-order valence-electron chi connectivity index (χ1n) is 12.7. The Balaban J connectivity index is 1.66. The maximum atomic E-state index is 13.8. The van der Waals surface area contributed by atoms with E-state index in [4.69, 9.17) is 0 Å². The molecular weight excluding hydrogens is 560 g/mol. The van der Waals surface area contributed by atoms with E-state index in [2.05, 4.69) is 40.0 Å². The second kappa shape index (κ2) is 10.1. The summed E-state index contributed by atoms with van der Waals surface area (Å²) in [7, 11) is 0. The minimum atomic E-state index is -0.596. The molecule has 0 radical (unpaired) electrons. The second-order valence-corrected chi connectivity index (χ2v) is 10.3. The smallest absolute Gasteiger partial charge is 0.294 e. The highest BCUT2D eigenvalue weighted by Gasteiger charge is 2.37. The van der Waals surface area contributed by atoms with E-state index >= 15 is 0 Å². The van der Waals surface area contributed by atoms with Gasteiger partial charge in [0, 0.05) is 45.7 Å². The molecule has 0 aliphatic carbocycles. The van der Waals surface area contributed by atoms with Crippen LogP contribution >= 0.6 is 15.9 Å². The van der Waals surface area contributed by atoms with Crippen LogP contribution in [0.2, 0.25) is 0 Å². The molecule has 1 aliphatic rings. The average Bonchev–Trinajstić information content (AvgIpc) is 2.92. The number of nitrogens with zero attached hydrogens (tertiary/aromatic N) is 3. The van der Waals surface area contributed by atoms with Crippen LogP contribution in [-0.4, -0.2) is 29.8 Å². The van der Waals surface area contributed by atoms with Gasteiger partial charge in [0.05, 0.1) is 21.9 Å². The molecule has 0 atom stereocenters. The van der Waals surface area contributed by atoms with Gasteiger partial charge in [-0.3, -0.25) is 19.7 Å². The number of nitrogens with one attached hydrogen (secondary N) is 1.